The number of hydroxylamine groups is 2. The minimum absolute atomic E-state index is 0.261. The Hall–Kier alpha value is -2.17. The molecule has 4 heteroatoms. The fraction of sp³-hybridized carbons (Fsp3) is 0.519. The third kappa shape index (κ3) is 5.75. The number of nitrogens with zero attached hydrogens (tertiary/aromatic N) is 1. The van der Waals surface area contributed by atoms with Crippen LogP contribution in [-0.2, 0) is 16.4 Å². The summed E-state index contributed by atoms with van der Waals surface area (Å²) in [4.78, 5) is 12.7. The summed E-state index contributed by atoms with van der Waals surface area (Å²) in [6, 6.07) is 16.3. The predicted molar refractivity (Wildman–Crippen MR) is 124 cm³/mol. The number of benzene rings is 2. The van der Waals surface area contributed by atoms with Crippen molar-refractivity contribution in [1.29, 1.82) is 0 Å². The van der Waals surface area contributed by atoms with Crippen LogP contribution < -0.4 is 0 Å². The van der Waals surface area contributed by atoms with Crippen molar-refractivity contribution in [2.45, 2.75) is 90.3 Å². The largest absolute Gasteiger partial charge is 0.459 e. The van der Waals surface area contributed by atoms with Crippen LogP contribution in [0.5, 0.6) is 0 Å². The number of ether oxygens (including phenoxy) is 1. The molecule has 0 aliphatic carbocycles. The molecular formula is C27H36NO3. The van der Waals surface area contributed by atoms with Gasteiger partial charge >= 0.3 is 5.97 Å². The lowest BCUT2D eigenvalue weighted by Crippen LogP contribution is -2.60. The molecule has 0 aromatic heterocycles. The number of piperidine rings is 1. The zero-order chi connectivity index (χ0) is 22.6. The Morgan fingerprint density at radius 3 is 1.94 bits per heavy atom. The van der Waals surface area contributed by atoms with Crippen LogP contribution in [0.1, 0.15) is 82.6 Å². The smallest absolute Gasteiger partial charge is 0.338 e. The highest BCUT2D eigenvalue weighted by atomic mass is 16.5. The van der Waals surface area contributed by atoms with Crippen LogP contribution in [0.25, 0.3) is 11.1 Å². The molecule has 1 saturated heterocycles. The van der Waals surface area contributed by atoms with E-state index in [0.29, 0.717) is 18.4 Å². The maximum atomic E-state index is 12.7. The van der Waals surface area contributed by atoms with Crippen LogP contribution >= 0.6 is 0 Å². The Labute approximate surface area is 187 Å². The van der Waals surface area contributed by atoms with E-state index in [4.69, 9.17) is 4.74 Å². The minimum atomic E-state index is -0.556. The lowest BCUT2D eigenvalue weighted by molar-refractivity contribution is -0.298. The summed E-state index contributed by atoms with van der Waals surface area (Å²) in [7, 11) is 0. The van der Waals surface area contributed by atoms with Crippen LogP contribution in [-0.4, -0.2) is 28.2 Å². The van der Waals surface area contributed by atoms with Crippen molar-refractivity contribution in [2.75, 3.05) is 0 Å². The number of rotatable bonds is 7. The molecule has 3 rings (SSSR count). The molecule has 0 unspecified atom stereocenters. The summed E-state index contributed by atoms with van der Waals surface area (Å²) in [6.45, 7) is 9.85. The lowest BCUT2D eigenvalue weighted by Gasteiger charge is -2.49. The van der Waals surface area contributed by atoms with Gasteiger partial charge < -0.3 is 4.74 Å². The first kappa shape index (κ1) is 23.5. The van der Waals surface area contributed by atoms with Gasteiger partial charge in [-0.15, -0.1) is 10.3 Å². The fourth-order valence-electron chi connectivity index (χ4n) is 4.72. The van der Waals surface area contributed by atoms with E-state index in [1.807, 2.05) is 52.0 Å². The number of carbonyl (C=O) groups excluding carboxylic acids is 1. The van der Waals surface area contributed by atoms with Gasteiger partial charge in [-0.25, -0.2) is 4.79 Å². The molecule has 2 aromatic rings. The normalized spacial score (nSPS) is 18.6. The van der Waals surface area contributed by atoms with Crippen LogP contribution in [0, 0.1) is 0 Å². The van der Waals surface area contributed by atoms with Gasteiger partial charge in [0.15, 0.2) is 0 Å². The molecule has 0 saturated carbocycles. The monoisotopic (exact) mass is 422 g/mol. The number of aryl methyl sites for hydroxylation is 1. The molecule has 2 aromatic carbocycles. The fourth-order valence-corrected chi connectivity index (χ4v) is 4.72. The van der Waals surface area contributed by atoms with Crippen LogP contribution in [0.4, 0.5) is 0 Å². The molecule has 0 amide bonds. The second-order valence-corrected chi connectivity index (χ2v) is 10.1. The molecule has 1 fully saturated rings. The van der Waals surface area contributed by atoms with E-state index in [0.717, 1.165) is 22.6 Å². The van der Waals surface area contributed by atoms with E-state index in [1.165, 1.54) is 24.8 Å². The molecule has 1 radical (unpaired) electrons. The van der Waals surface area contributed by atoms with E-state index >= 15 is 0 Å². The van der Waals surface area contributed by atoms with Crippen molar-refractivity contribution in [1.82, 2.24) is 5.06 Å². The molecule has 0 spiro atoms. The van der Waals surface area contributed by atoms with Crippen molar-refractivity contribution < 1.29 is 14.7 Å². The molecule has 1 heterocycles. The Balaban J connectivity index is 1.63. The highest BCUT2D eigenvalue weighted by Crippen LogP contribution is 2.38. The van der Waals surface area contributed by atoms with E-state index in [-0.39, 0.29) is 12.1 Å². The lowest BCUT2D eigenvalue weighted by atomic mass is 9.80. The number of hydrogen-bond donors (Lipinski definition) is 0. The second kappa shape index (κ2) is 9.54. The van der Waals surface area contributed by atoms with Crippen LogP contribution in [0.2, 0.25) is 0 Å². The first-order chi connectivity index (χ1) is 14.6. The minimum Gasteiger partial charge on any atom is -0.459 e. The summed E-state index contributed by atoms with van der Waals surface area (Å²) in [5.74, 6) is -0.325. The van der Waals surface area contributed by atoms with E-state index in [1.54, 1.807) is 0 Å². The van der Waals surface area contributed by atoms with Gasteiger partial charge in [0.25, 0.3) is 0 Å². The summed E-state index contributed by atoms with van der Waals surface area (Å²) >= 11 is 0. The number of carbonyl (C=O) groups is 1. The van der Waals surface area contributed by atoms with Gasteiger partial charge in [-0.2, -0.15) is 0 Å². The highest BCUT2D eigenvalue weighted by molar-refractivity contribution is 5.90. The number of hydrogen-bond acceptors (Lipinski definition) is 3. The SMILES string of the molecule is CCCCCc1ccc(-c2ccc(C(=O)OC3CC(C)(C)N([O])C(C)(C)C3)cc2)cc1. The van der Waals surface area contributed by atoms with E-state index in [2.05, 4.69) is 31.2 Å². The zero-order valence-electron chi connectivity index (χ0n) is 19.6. The Morgan fingerprint density at radius 2 is 1.42 bits per heavy atom. The number of esters is 1. The van der Waals surface area contributed by atoms with Gasteiger partial charge in [0.2, 0.25) is 0 Å². The van der Waals surface area contributed by atoms with Gasteiger partial charge in [-0.3, -0.25) is 0 Å². The molecule has 1 aliphatic heterocycles. The van der Waals surface area contributed by atoms with Crippen molar-refractivity contribution >= 4 is 5.97 Å². The number of unbranched alkanes of at least 4 members (excludes halogenated alkanes) is 2. The zero-order valence-corrected chi connectivity index (χ0v) is 19.6. The van der Waals surface area contributed by atoms with Crippen molar-refractivity contribution in [3.05, 3.63) is 59.7 Å². The van der Waals surface area contributed by atoms with Gasteiger partial charge in [0, 0.05) is 23.9 Å². The van der Waals surface area contributed by atoms with Gasteiger partial charge in [-0.1, -0.05) is 56.2 Å². The van der Waals surface area contributed by atoms with Gasteiger partial charge in [-0.05, 0) is 69.4 Å². The molecule has 0 N–H and O–H groups in total. The van der Waals surface area contributed by atoms with E-state index in [9.17, 15) is 10.0 Å². The average Bonchev–Trinajstić information content (AvgIpc) is 2.72. The molecular weight excluding hydrogens is 386 g/mol. The van der Waals surface area contributed by atoms with Crippen molar-refractivity contribution in [2.24, 2.45) is 0 Å². The Bertz CT molecular complexity index is 850. The summed E-state index contributed by atoms with van der Waals surface area (Å²) in [5.41, 5.74) is 3.02. The third-order valence-electron chi connectivity index (χ3n) is 6.30. The Morgan fingerprint density at radius 1 is 0.903 bits per heavy atom. The van der Waals surface area contributed by atoms with Crippen LogP contribution in [0.15, 0.2) is 48.5 Å². The second-order valence-electron chi connectivity index (χ2n) is 10.1. The molecule has 167 valence electrons. The quantitative estimate of drug-likeness (QED) is 0.372. The van der Waals surface area contributed by atoms with Gasteiger partial charge in [0.05, 0.1) is 5.56 Å². The topological polar surface area (TPSA) is 49.4 Å². The van der Waals surface area contributed by atoms with E-state index < -0.39 is 11.1 Å². The molecule has 31 heavy (non-hydrogen) atoms. The first-order valence-electron chi connectivity index (χ1n) is 11.5. The third-order valence-corrected chi connectivity index (χ3v) is 6.30. The first-order valence-corrected chi connectivity index (χ1v) is 11.5. The summed E-state index contributed by atoms with van der Waals surface area (Å²) < 4.78 is 5.80. The maximum Gasteiger partial charge on any atom is 0.338 e. The standard InChI is InChI=1S/C27H36NO3/c1-6-7-8-9-20-10-12-21(13-11-20)22-14-16-23(17-15-22)25(29)31-24-18-26(2,3)28(30)27(4,5)19-24/h10-17,24H,6-9,18-19H2,1-5H3. The molecule has 0 bridgehead atoms. The molecule has 0 atom stereocenters. The Kier molecular flexibility index (Phi) is 7.23. The highest BCUT2D eigenvalue weighted by Gasteiger charge is 2.47. The molecule has 1 aliphatic rings. The van der Waals surface area contributed by atoms with Crippen molar-refractivity contribution in [3.8, 4) is 11.1 Å². The molecule has 4 nitrogen and oxygen atoms in total. The summed E-state index contributed by atoms with van der Waals surface area (Å²) in [5, 5.41) is 13.7. The summed E-state index contributed by atoms with van der Waals surface area (Å²) in [6.07, 6.45) is 5.67. The van der Waals surface area contributed by atoms with Crippen LogP contribution in [0.3, 0.4) is 0 Å². The van der Waals surface area contributed by atoms with Crippen molar-refractivity contribution in [3.63, 3.8) is 0 Å². The predicted octanol–water partition coefficient (Wildman–Crippen LogP) is 6.61. The maximum absolute atomic E-state index is 12.7. The van der Waals surface area contributed by atoms with Gasteiger partial charge in [0.1, 0.15) is 6.10 Å². The average molecular weight is 423 g/mol.